The molecule has 31 heavy (non-hydrogen) atoms. The lowest BCUT2D eigenvalue weighted by Gasteiger charge is -2.05. The minimum absolute atomic E-state index is 0.874. The maximum atomic E-state index is 5.37. The van der Waals surface area contributed by atoms with Crippen LogP contribution in [-0.4, -0.2) is 27.0 Å². The lowest BCUT2D eigenvalue weighted by molar-refractivity contribution is 0.415. The summed E-state index contributed by atoms with van der Waals surface area (Å²) in [5.74, 6) is 1.81. The van der Waals surface area contributed by atoms with E-state index in [9.17, 15) is 0 Å². The number of nitrogens with one attached hydrogen (secondary N) is 2. The summed E-state index contributed by atoms with van der Waals surface area (Å²) in [7, 11) is 1.70. The van der Waals surface area contributed by atoms with Crippen LogP contribution in [0.3, 0.4) is 0 Å². The Morgan fingerprint density at radius 1 is 0.871 bits per heavy atom. The van der Waals surface area contributed by atoms with Crippen LogP contribution in [0.2, 0.25) is 0 Å². The van der Waals surface area contributed by atoms with Gasteiger partial charge >= 0.3 is 0 Å². The zero-order valence-corrected chi connectivity index (χ0v) is 17.7. The zero-order chi connectivity index (χ0) is 21.0. The molecule has 0 unspecified atom stereocenters. The number of nitrogens with zero attached hydrogens (tertiary/aromatic N) is 2. The lowest BCUT2D eigenvalue weighted by atomic mass is 10.1. The SMILES string of the molecule is COc1ccc2[nH]cc(CCCc3nccc(CCc4ccc5cc[nH]c5c4)n3)c2c1. The number of hydrogen-bond donors (Lipinski definition) is 2. The van der Waals surface area contributed by atoms with Crippen LogP contribution in [0.1, 0.15) is 29.1 Å². The number of aromatic nitrogens is 4. The Kier molecular flexibility index (Phi) is 5.40. The summed E-state index contributed by atoms with van der Waals surface area (Å²) in [6, 6.07) is 16.9. The monoisotopic (exact) mass is 410 g/mol. The number of aromatic amines is 2. The molecular formula is C26H26N4O. The molecule has 0 aliphatic rings. The first kappa shape index (κ1) is 19.4. The second kappa shape index (κ2) is 8.64. The molecule has 0 saturated carbocycles. The maximum absolute atomic E-state index is 5.37. The van der Waals surface area contributed by atoms with Gasteiger partial charge in [-0.25, -0.2) is 9.97 Å². The minimum Gasteiger partial charge on any atom is -0.497 e. The van der Waals surface area contributed by atoms with Crippen molar-refractivity contribution < 1.29 is 4.74 Å². The standard InChI is InChI=1S/C26H26N4O/c1-31-22-9-10-24-23(16-22)20(17-29-24)3-2-4-26-28-14-12-21(30-26)8-6-18-5-7-19-11-13-27-25(19)15-18/h5,7,9-17,27,29H,2-4,6,8H2,1H3. The van der Waals surface area contributed by atoms with Crippen molar-refractivity contribution in [2.24, 2.45) is 0 Å². The molecule has 0 spiro atoms. The van der Waals surface area contributed by atoms with Crippen molar-refractivity contribution in [2.75, 3.05) is 7.11 Å². The van der Waals surface area contributed by atoms with Gasteiger partial charge in [-0.3, -0.25) is 0 Å². The third kappa shape index (κ3) is 4.31. The van der Waals surface area contributed by atoms with E-state index < -0.39 is 0 Å². The van der Waals surface area contributed by atoms with E-state index in [0.29, 0.717) is 0 Å². The van der Waals surface area contributed by atoms with E-state index in [4.69, 9.17) is 9.72 Å². The zero-order valence-electron chi connectivity index (χ0n) is 17.7. The summed E-state index contributed by atoms with van der Waals surface area (Å²) >= 11 is 0. The van der Waals surface area contributed by atoms with Crippen molar-refractivity contribution in [2.45, 2.75) is 32.1 Å². The van der Waals surface area contributed by atoms with E-state index in [0.717, 1.165) is 54.9 Å². The normalized spacial score (nSPS) is 11.4. The Balaban J connectivity index is 1.19. The maximum Gasteiger partial charge on any atom is 0.128 e. The van der Waals surface area contributed by atoms with E-state index in [1.165, 1.54) is 27.4 Å². The number of ether oxygens (including phenoxy) is 1. The van der Waals surface area contributed by atoms with Crippen LogP contribution in [0.4, 0.5) is 0 Å². The third-order valence-corrected chi connectivity index (χ3v) is 5.87. The lowest BCUT2D eigenvalue weighted by Crippen LogP contribution is -2.01. The number of rotatable bonds is 8. The molecule has 0 fully saturated rings. The van der Waals surface area contributed by atoms with Crippen LogP contribution in [0.25, 0.3) is 21.8 Å². The molecule has 2 aromatic carbocycles. The van der Waals surface area contributed by atoms with E-state index in [-0.39, 0.29) is 0 Å². The number of methoxy groups -OCH3 is 1. The molecule has 0 atom stereocenters. The smallest absolute Gasteiger partial charge is 0.128 e. The van der Waals surface area contributed by atoms with Crippen molar-refractivity contribution in [1.29, 1.82) is 0 Å². The van der Waals surface area contributed by atoms with Gasteiger partial charge in [-0.15, -0.1) is 0 Å². The van der Waals surface area contributed by atoms with Crippen molar-refractivity contribution >= 4 is 21.8 Å². The summed E-state index contributed by atoms with van der Waals surface area (Å²) in [6.07, 6.45) is 10.7. The molecule has 156 valence electrons. The summed E-state index contributed by atoms with van der Waals surface area (Å²) in [6.45, 7) is 0. The second-order valence-electron chi connectivity index (χ2n) is 7.94. The van der Waals surface area contributed by atoms with Gasteiger partial charge in [-0.05, 0) is 78.6 Å². The van der Waals surface area contributed by atoms with Crippen molar-refractivity contribution in [3.8, 4) is 5.75 Å². The highest BCUT2D eigenvalue weighted by molar-refractivity contribution is 5.84. The molecule has 0 amide bonds. The number of benzene rings is 2. The molecule has 0 saturated heterocycles. The summed E-state index contributed by atoms with van der Waals surface area (Å²) in [5, 5.41) is 2.48. The van der Waals surface area contributed by atoms with E-state index in [1.54, 1.807) is 7.11 Å². The highest BCUT2D eigenvalue weighted by atomic mass is 16.5. The molecule has 5 aromatic rings. The molecule has 3 heterocycles. The van der Waals surface area contributed by atoms with Crippen molar-refractivity contribution in [1.82, 2.24) is 19.9 Å². The van der Waals surface area contributed by atoms with Gasteiger partial charge < -0.3 is 14.7 Å². The topological polar surface area (TPSA) is 66.6 Å². The fourth-order valence-corrected chi connectivity index (χ4v) is 4.15. The Hall–Kier alpha value is -3.60. The summed E-state index contributed by atoms with van der Waals surface area (Å²) < 4.78 is 5.37. The van der Waals surface area contributed by atoms with Crippen LogP contribution >= 0.6 is 0 Å². The van der Waals surface area contributed by atoms with Crippen LogP contribution in [0.15, 0.2) is 67.1 Å². The molecular weight excluding hydrogens is 384 g/mol. The molecule has 0 bridgehead atoms. The first-order valence-corrected chi connectivity index (χ1v) is 10.8. The van der Waals surface area contributed by atoms with Crippen LogP contribution in [0, 0.1) is 0 Å². The first-order chi connectivity index (χ1) is 15.3. The van der Waals surface area contributed by atoms with Gasteiger partial charge in [0, 0.05) is 47.1 Å². The molecule has 2 N–H and O–H groups in total. The van der Waals surface area contributed by atoms with Crippen LogP contribution < -0.4 is 4.74 Å². The van der Waals surface area contributed by atoms with Gasteiger partial charge in [-0.1, -0.05) is 12.1 Å². The minimum atomic E-state index is 0.874. The quantitative estimate of drug-likeness (QED) is 0.359. The summed E-state index contributed by atoms with van der Waals surface area (Å²) in [5.41, 5.74) is 6.07. The van der Waals surface area contributed by atoms with Gasteiger partial charge in [-0.2, -0.15) is 0 Å². The van der Waals surface area contributed by atoms with E-state index in [2.05, 4.69) is 57.5 Å². The molecule has 3 aromatic heterocycles. The predicted molar refractivity (Wildman–Crippen MR) is 125 cm³/mol. The van der Waals surface area contributed by atoms with Gasteiger partial charge in [0.25, 0.3) is 0 Å². The van der Waals surface area contributed by atoms with Crippen LogP contribution in [-0.2, 0) is 25.7 Å². The number of fused-ring (bicyclic) bond motifs is 2. The fourth-order valence-electron chi connectivity index (χ4n) is 4.15. The number of H-pyrrole nitrogens is 2. The van der Waals surface area contributed by atoms with Gasteiger partial charge in [0.05, 0.1) is 7.11 Å². The highest BCUT2D eigenvalue weighted by Gasteiger charge is 2.07. The third-order valence-electron chi connectivity index (χ3n) is 5.87. The van der Waals surface area contributed by atoms with E-state index in [1.807, 2.05) is 24.5 Å². The average molecular weight is 411 g/mol. The molecule has 5 nitrogen and oxygen atoms in total. The predicted octanol–water partition coefficient (Wildman–Crippen LogP) is 5.41. The van der Waals surface area contributed by atoms with Crippen molar-refractivity contribution in [3.05, 3.63) is 89.8 Å². The Morgan fingerprint density at radius 3 is 2.77 bits per heavy atom. The Bertz CT molecular complexity index is 1320. The number of hydrogen-bond acceptors (Lipinski definition) is 3. The van der Waals surface area contributed by atoms with Crippen LogP contribution in [0.5, 0.6) is 5.75 Å². The number of aryl methyl sites for hydroxylation is 4. The van der Waals surface area contributed by atoms with Gasteiger partial charge in [0.2, 0.25) is 0 Å². The molecule has 0 aliphatic heterocycles. The molecule has 5 heteroatoms. The Morgan fingerprint density at radius 2 is 1.84 bits per heavy atom. The fraction of sp³-hybridized carbons (Fsp3) is 0.231. The Labute approximate surface area is 181 Å². The largest absolute Gasteiger partial charge is 0.497 e. The molecule has 0 radical (unpaired) electrons. The average Bonchev–Trinajstić information content (AvgIpc) is 3.44. The molecule has 0 aliphatic carbocycles. The van der Waals surface area contributed by atoms with Crippen molar-refractivity contribution in [3.63, 3.8) is 0 Å². The second-order valence-corrected chi connectivity index (χ2v) is 7.94. The highest BCUT2D eigenvalue weighted by Crippen LogP contribution is 2.24. The van der Waals surface area contributed by atoms with Gasteiger partial charge in [0.1, 0.15) is 11.6 Å². The first-order valence-electron chi connectivity index (χ1n) is 10.8. The van der Waals surface area contributed by atoms with Gasteiger partial charge in [0.15, 0.2) is 0 Å². The van der Waals surface area contributed by atoms with E-state index >= 15 is 0 Å². The molecule has 5 rings (SSSR count). The summed E-state index contributed by atoms with van der Waals surface area (Å²) in [4.78, 5) is 15.9.